The Labute approximate surface area is 117 Å². The molecular formula is C14H17N3OS. The topological polar surface area (TPSA) is 56.1 Å². The van der Waals surface area contributed by atoms with E-state index in [9.17, 15) is 4.79 Å². The van der Waals surface area contributed by atoms with Crippen LogP contribution in [0.1, 0.15) is 20.9 Å². The van der Waals surface area contributed by atoms with E-state index >= 15 is 0 Å². The average Bonchev–Trinajstić information content (AvgIpc) is 2.75. The molecule has 0 spiro atoms. The average molecular weight is 275 g/mol. The number of rotatable bonds is 3. The number of likely N-dealkylation sites (N-methyl/N-ethyl adjacent to an activating group) is 1. The van der Waals surface area contributed by atoms with Gasteiger partial charge in [0, 0.05) is 24.0 Å². The first kappa shape index (κ1) is 13.8. The van der Waals surface area contributed by atoms with E-state index in [2.05, 4.69) is 11.4 Å². The number of nitrogens with zero attached hydrogens (tertiary/aromatic N) is 2. The lowest BCUT2D eigenvalue weighted by molar-refractivity contribution is -0.126. The highest BCUT2D eigenvalue weighted by molar-refractivity contribution is 7.12. The van der Waals surface area contributed by atoms with Gasteiger partial charge in [0.25, 0.3) is 0 Å². The van der Waals surface area contributed by atoms with E-state index in [0.717, 1.165) is 28.3 Å². The molecule has 0 saturated carbocycles. The molecule has 0 unspecified atom stereocenters. The van der Waals surface area contributed by atoms with Gasteiger partial charge < -0.3 is 10.2 Å². The second-order valence-corrected chi connectivity index (χ2v) is 5.64. The van der Waals surface area contributed by atoms with E-state index in [1.165, 1.54) is 16.9 Å². The lowest BCUT2D eigenvalue weighted by Crippen LogP contribution is -2.34. The first-order chi connectivity index (χ1) is 9.17. The number of fused-ring (bicyclic) bond motifs is 1. The second kappa shape index (κ2) is 6.00. The van der Waals surface area contributed by atoms with Crippen molar-refractivity contribution in [2.24, 2.45) is 0 Å². The Hall–Kier alpha value is -1.64. The maximum atomic E-state index is 12.0. The van der Waals surface area contributed by atoms with Crippen LogP contribution in [0.3, 0.4) is 0 Å². The molecule has 2 heterocycles. The molecular weight excluding hydrogens is 258 g/mol. The molecule has 19 heavy (non-hydrogen) atoms. The summed E-state index contributed by atoms with van der Waals surface area (Å²) in [5.41, 5.74) is 2.37. The molecule has 5 heteroatoms. The number of amides is 1. The number of carbonyl (C=O) groups is 1. The van der Waals surface area contributed by atoms with Crippen molar-refractivity contribution in [3.63, 3.8) is 0 Å². The molecule has 0 radical (unpaired) electrons. The monoisotopic (exact) mass is 275 g/mol. The van der Waals surface area contributed by atoms with Gasteiger partial charge in [-0.05, 0) is 31.5 Å². The molecule has 1 aromatic heterocycles. The van der Waals surface area contributed by atoms with Gasteiger partial charge in [0.05, 0.1) is 6.54 Å². The fourth-order valence-corrected chi connectivity index (χ4v) is 3.41. The Morgan fingerprint density at radius 1 is 1.63 bits per heavy atom. The third-order valence-electron chi connectivity index (χ3n) is 3.32. The molecule has 0 fully saturated rings. The maximum absolute atomic E-state index is 12.0. The van der Waals surface area contributed by atoms with Crippen LogP contribution in [0.25, 0.3) is 0 Å². The van der Waals surface area contributed by atoms with Gasteiger partial charge >= 0.3 is 0 Å². The van der Waals surface area contributed by atoms with Gasteiger partial charge in [0.2, 0.25) is 5.91 Å². The number of nitrogens with one attached hydrogen (secondary N) is 1. The van der Waals surface area contributed by atoms with Crippen LogP contribution in [-0.4, -0.2) is 30.9 Å². The highest BCUT2D eigenvalue weighted by Crippen LogP contribution is 2.32. The smallest absolute Gasteiger partial charge is 0.246 e. The number of thiophene rings is 1. The summed E-state index contributed by atoms with van der Waals surface area (Å²) in [6.45, 7) is 4.06. The summed E-state index contributed by atoms with van der Waals surface area (Å²) in [5, 5.41) is 12.0. The predicted molar refractivity (Wildman–Crippen MR) is 76.0 cm³/mol. The highest BCUT2D eigenvalue weighted by atomic mass is 32.1. The SMILES string of the molecule is CNC/C=C\C(=O)N1CCc2c(sc(C#N)c2C)C1. The van der Waals surface area contributed by atoms with E-state index in [0.29, 0.717) is 13.1 Å². The molecule has 4 nitrogen and oxygen atoms in total. The van der Waals surface area contributed by atoms with E-state index < -0.39 is 0 Å². The van der Waals surface area contributed by atoms with Crippen LogP contribution in [0.15, 0.2) is 12.2 Å². The van der Waals surface area contributed by atoms with E-state index in [1.54, 1.807) is 6.08 Å². The van der Waals surface area contributed by atoms with Gasteiger partial charge in [-0.1, -0.05) is 6.08 Å². The Bertz CT molecular complexity index is 554. The quantitative estimate of drug-likeness (QED) is 0.852. The Kier molecular flexibility index (Phi) is 4.35. The number of nitriles is 1. The minimum Gasteiger partial charge on any atom is -0.334 e. The second-order valence-electron chi connectivity index (χ2n) is 4.54. The van der Waals surface area contributed by atoms with E-state index in [-0.39, 0.29) is 5.91 Å². The van der Waals surface area contributed by atoms with Crippen molar-refractivity contribution in [1.82, 2.24) is 10.2 Å². The van der Waals surface area contributed by atoms with Gasteiger partial charge in [-0.15, -0.1) is 11.3 Å². The minimum atomic E-state index is 0.0467. The molecule has 1 amide bonds. The van der Waals surface area contributed by atoms with Gasteiger partial charge in [-0.25, -0.2) is 0 Å². The molecule has 0 aliphatic carbocycles. The van der Waals surface area contributed by atoms with Crippen LogP contribution in [0, 0.1) is 18.3 Å². The molecule has 0 aromatic carbocycles. The molecule has 0 atom stereocenters. The minimum absolute atomic E-state index is 0.0467. The van der Waals surface area contributed by atoms with Gasteiger partial charge in [0.15, 0.2) is 0 Å². The summed E-state index contributed by atoms with van der Waals surface area (Å²) in [4.78, 5) is 15.8. The molecule has 0 saturated heterocycles. The van der Waals surface area contributed by atoms with Crippen molar-refractivity contribution < 1.29 is 4.79 Å². The van der Waals surface area contributed by atoms with Gasteiger partial charge in [-0.3, -0.25) is 4.79 Å². The maximum Gasteiger partial charge on any atom is 0.246 e. The van der Waals surface area contributed by atoms with Crippen LogP contribution < -0.4 is 5.32 Å². The number of hydrogen-bond acceptors (Lipinski definition) is 4. The molecule has 2 rings (SSSR count). The standard InChI is InChI=1S/C14H17N3OS/c1-10-11-5-7-17(14(18)4-3-6-16-2)9-13(11)19-12(10)8-15/h3-4,16H,5-7,9H2,1-2H3/b4-3-. The van der Waals surface area contributed by atoms with Crippen molar-refractivity contribution in [2.45, 2.75) is 19.9 Å². The Morgan fingerprint density at radius 2 is 2.42 bits per heavy atom. The van der Waals surface area contributed by atoms with Crippen LogP contribution in [0.5, 0.6) is 0 Å². The molecule has 1 aliphatic heterocycles. The molecule has 1 aliphatic rings. The summed E-state index contributed by atoms with van der Waals surface area (Å²) in [7, 11) is 1.85. The zero-order chi connectivity index (χ0) is 13.8. The fourth-order valence-electron chi connectivity index (χ4n) is 2.24. The largest absolute Gasteiger partial charge is 0.334 e. The summed E-state index contributed by atoms with van der Waals surface area (Å²) >= 11 is 1.52. The normalized spacial score (nSPS) is 14.5. The first-order valence-electron chi connectivity index (χ1n) is 6.28. The highest BCUT2D eigenvalue weighted by Gasteiger charge is 2.24. The lowest BCUT2D eigenvalue weighted by atomic mass is 10.0. The van der Waals surface area contributed by atoms with Crippen LogP contribution >= 0.6 is 11.3 Å². The van der Waals surface area contributed by atoms with Crippen molar-refractivity contribution in [3.05, 3.63) is 33.0 Å². The number of carbonyl (C=O) groups excluding carboxylic acids is 1. The van der Waals surface area contributed by atoms with Gasteiger partial charge in [-0.2, -0.15) is 5.26 Å². The molecule has 100 valence electrons. The third kappa shape index (κ3) is 2.86. The summed E-state index contributed by atoms with van der Waals surface area (Å²) in [6, 6.07) is 2.23. The zero-order valence-corrected chi connectivity index (χ0v) is 12.0. The lowest BCUT2D eigenvalue weighted by Gasteiger charge is -2.26. The van der Waals surface area contributed by atoms with Crippen LogP contribution in [0.4, 0.5) is 0 Å². The van der Waals surface area contributed by atoms with Crippen LogP contribution in [-0.2, 0) is 17.8 Å². The molecule has 1 aromatic rings. The predicted octanol–water partition coefficient (Wildman–Crippen LogP) is 1.59. The van der Waals surface area contributed by atoms with Crippen molar-refractivity contribution in [3.8, 4) is 6.07 Å². The first-order valence-corrected chi connectivity index (χ1v) is 7.10. The van der Waals surface area contributed by atoms with Crippen LogP contribution in [0.2, 0.25) is 0 Å². The molecule has 0 bridgehead atoms. The Morgan fingerprint density at radius 3 is 3.11 bits per heavy atom. The summed E-state index contributed by atoms with van der Waals surface area (Å²) in [6.07, 6.45) is 4.30. The van der Waals surface area contributed by atoms with E-state index in [4.69, 9.17) is 5.26 Å². The Balaban J connectivity index is 2.10. The molecule has 1 N–H and O–H groups in total. The zero-order valence-electron chi connectivity index (χ0n) is 11.2. The van der Waals surface area contributed by atoms with Crippen molar-refractivity contribution >= 4 is 17.2 Å². The van der Waals surface area contributed by atoms with E-state index in [1.807, 2.05) is 24.9 Å². The fraction of sp³-hybridized carbons (Fsp3) is 0.429. The van der Waals surface area contributed by atoms with Gasteiger partial charge in [0.1, 0.15) is 10.9 Å². The van der Waals surface area contributed by atoms with Crippen molar-refractivity contribution in [1.29, 1.82) is 5.26 Å². The number of hydrogen-bond donors (Lipinski definition) is 1. The summed E-state index contributed by atoms with van der Waals surface area (Å²) < 4.78 is 0. The third-order valence-corrected chi connectivity index (χ3v) is 4.54. The van der Waals surface area contributed by atoms with Crippen molar-refractivity contribution in [2.75, 3.05) is 20.1 Å². The summed E-state index contributed by atoms with van der Waals surface area (Å²) in [5.74, 6) is 0.0467.